The van der Waals surface area contributed by atoms with Crippen LogP contribution in [0.2, 0.25) is 0 Å². The Balaban J connectivity index is 2.03. The predicted molar refractivity (Wildman–Crippen MR) is 72.4 cm³/mol. The summed E-state index contributed by atoms with van der Waals surface area (Å²) in [4.78, 5) is 14.1. The highest BCUT2D eigenvalue weighted by Crippen LogP contribution is 2.27. The summed E-state index contributed by atoms with van der Waals surface area (Å²) in [6.45, 7) is 2.83. The lowest BCUT2D eigenvalue weighted by Gasteiger charge is -2.21. The zero-order chi connectivity index (χ0) is 13.4. The van der Waals surface area contributed by atoms with Gasteiger partial charge in [0.25, 0.3) is 11.8 Å². The Morgan fingerprint density at radius 2 is 2.32 bits per heavy atom. The number of halogens is 1. The quantitative estimate of drug-likeness (QED) is 0.870. The topological polar surface area (TPSA) is 71.1 Å². The molecule has 0 saturated carbocycles. The third-order valence-corrected chi connectivity index (χ3v) is 3.47. The van der Waals surface area contributed by atoms with Gasteiger partial charge in [-0.2, -0.15) is 0 Å². The number of aromatic amines is 1. The summed E-state index contributed by atoms with van der Waals surface area (Å²) in [6.07, 6.45) is 0. The molecule has 7 heteroatoms. The number of anilines is 1. The fraction of sp³-hybridized carbons (Fsp3) is 0.250. The van der Waals surface area contributed by atoms with Crippen molar-refractivity contribution in [2.24, 2.45) is 0 Å². The summed E-state index contributed by atoms with van der Waals surface area (Å²) in [6, 6.07) is 5.79. The molecule has 1 aliphatic rings. The second-order valence-corrected chi connectivity index (χ2v) is 5.14. The zero-order valence-electron chi connectivity index (χ0n) is 10.2. The number of aryl methyl sites for hydroxylation is 1. The molecule has 0 radical (unpaired) electrons. The van der Waals surface area contributed by atoms with E-state index in [0.717, 1.165) is 15.7 Å². The van der Waals surface area contributed by atoms with Gasteiger partial charge in [0, 0.05) is 10.2 Å². The Morgan fingerprint density at radius 3 is 3.11 bits per heavy atom. The van der Waals surface area contributed by atoms with Crippen LogP contribution in [0.1, 0.15) is 16.1 Å². The number of aromatic nitrogens is 3. The van der Waals surface area contributed by atoms with E-state index in [-0.39, 0.29) is 11.8 Å². The minimum absolute atomic E-state index is 0.178. The normalized spacial score (nSPS) is 14.8. The van der Waals surface area contributed by atoms with Gasteiger partial charge in [-0.25, -0.2) is 5.10 Å². The number of carbonyl (C=O) groups is 1. The number of ether oxygens (including phenoxy) is 1. The Hall–Kier alpha value is -1.89. The lowest BCUT2D eigenvalue weighted by Crippen LogP contribution is -2.33. The van der Waals surface area contributed by atoms with Crippen LogP contribution < -0.4 is 9.64 Å². The molecule has 3 rings (SSSR count). The SMILES string of the molecule is Cc1cc(Br)ccc1N1CCOc2nn[nH]c2C1=O. The van der Waals surface area contributed by atoms with E-state index < -0.39 is 0 Å². The van der Waals surface area contributed by atoms with Crippen LogP contribution in [0.4, 0.5) is 5.69 Å². The highest BCUT2D eigenvalue weighted by molar-refractivity contribution is 9.10. The molecule has 1 aromatic carbocycles. The molecule has 0 bridgehead atoms. The second-order valence-electron chi connectivity index (χ2n) is 4.23. The summed E-state index contributed by atoms with van der Waals surface area (Å²) in [7, 11) is 0. The first-order chi connectivity index (χ1) is 9.16. The molecular formula is C12H11BrN4O2. The highest BCUT2D eigenvalue weighted by Gasteiger charge is 2.28. The van der Waals surface area contributed by atoms with Crippen molar-refractivity contribution in [2.75, 3.05) is 18.1 Å². The molecular weight excluding hydrogens is 312 g/mol. The standard InChI is InChI=1S/C12H11BrN4O2/c1-7-6-8(13)2-3-9(7)17-4-5-19-11-10(12(17)18)14-16-15-11/h2-3,6H,4-5H2,1H3,(H,14,15,16). The van der Waals surface area contributed by atoms with Crippen molar-refractivity contribution in [3.05, 3.63) is 33.9 Å². The van der Waals surface area contributed by atoms with E-state index in [4.69, 9.17) is 4.74 Å². The van der Waals surface area contributed by atoms with Crippen molar-refractivity contribution in [1.29, 1.82) is 0 Å². The lowest BCUT2D eigenvalue weighted by atomic mass is 10.1. The Bertz CT molecular complexity index is 640. The van der Waals surface area contributed by atoms with Crippen LogP contribution in [-0.4, -0.2) is 34.5 Å². The maximum Gasteiger partial charge on any atom is 0.282 e. The number of amides is 1. The van der Waals surface area contributed by atoms with E-state index in [1.807, 2.05) is 25.1 Å². The molecule has 0 aliphatic carbocycles. The predicted octanol–water partition coefficient (Wildman–Crippen LogP) is 1.91. The molecule has 19 heavy (non-hydrogen) atoms. The van der Waals surface area contributed by atoms with E-state index in [1.54, 1.807) is 4.90 Å². The van der Waals surface area contributed by atoms with Gasteiger partial charge < -0.3 is 9.64 Å². The van der Waals surface area contributed by atoms with Gasteiger partial charge >= 0.3 is 0 Å². The van der Waals surface area contributed by atoms with Gasteiger partial charge in [0.1, 0.15) is 6.61 Å². The van der Waals surface area contributed by atoms with Crippen LogP contribution in [0.3, 0.4) is 0 Å². The number of fused-ring (bicyclic) bond motifs is 1. The third kappa shape index (κ3) is 2.10. The fourth-order valence-corrected chi connectivity index (χ4v) is 2.56. The van der Waals surface area contributed by atoms with E-state index >= 15 is 0 Å². The van der Waals surface area contributed by atoms with Gasteiger partial charge in [-0.05, 0) is 30.7 Å². The zero-order valence-corrected chi connectivity index (χ0v) is 11.8. The van der Waals surface area contributed by atoms with E-state index in [0.29, 0.717) is 18.8 Å². The van der Waals surface area contributed by atoms with Crippen LogP contribution in [0, 0.1) is 6.92 Å². The number of nitrogens with one attached hydrogen (secondary N) is 1. The minimum atomic E-state index is -0.178. The molecule has 1 aliphatic heterocycles. The van der Waals surface area contributed by atoms with Crippen molar-refractivity contribution in [3.63, 3.8) is 0 Å². The molecule has 98 valence electrons. The first-order valence-electron chi connectivity index (χ1n) is 5.78. The molecule has 2 aromatic rings. The van der Waals surface area contributed by atoms with Crippen molar-refractivity contribution < 1.29 is 9.53 Å². The van der Waals surface area contributed by atoms with Crippen molar-refractivity contribution >= 4 is 27.5 Å². The monoisotopic (exact) mass is 322 g/mol. The largest absolute Gasteiger partial charge is 0.473 e. The van der Waals surface area contributed by atoms with Crippen molar-refractivity contribution in [2.45, 2.75) is 6.92 Å². The van der Waals surface area contributed by atoms with Crippen LogP contribution in [0.15, 0.2) is 22.7 Å². The number of rotatable bonds is 1. The van der Waals surface area contributed by atoms with Crippen LogP contribution in [0.25, 0.3) is 0 Å². The molecule has 1 amide bonds. The maximum absolute atomic E-state index is 12.5. The molecule has 1 aromatic heterocycles. The van der Waals surface area contributed by atoms with Crippen molar-refractivity contribution in [3.8, 4) is 5.88 Å². The molecule has 1 N–H and O–H groups in total. The summed E-state index contributed by atoms with van der Waals surface area (Å²) >= 11 is 3.42. The Morgan fingerprint density at radius 1 is 1.47 bits per heavy atom. The number of nitrogens with zero attached hydrogens (tertiary/aromatic N) is 3. The number of carbonyl (C=O) groups excluding carboxylic acids is 1. The van der Waals surface area contributed by atoms with Gasteiger partial charge in [0.05, 0.1) is 6.54 Å². The molecule has 0 spiro atoms. The number of benzene rings is 1. The molecule has 2 heterocycles. The molecule has 0 unspecified atom stereocenters. The maximum atomic E-state index is 12.5. The second kappa shape index (κ2) is 4.65. The molecule has 0 saturated heterocycles. The Kier molecular flexibility index (Phi) is 2.98. The third-order valence-electron chi connectivity index (χ3n) is 2.98. The minimum Gasteiger partial charge on any atom is -0.473 e. The fourth-order valence-electron chi connectivity index (χ4n) is 2.08. The van der Waals surface area contributed by atoms with Crippen LogP contribution in [0.5, 0.6) is 5.88 Å². The van der Waals surface area contributed by atoms with Gasteiger partial charge in [-0.15, -0.1) is 0 Å². The van der Waals surface area contributed by atoms with Crippen LogP contribution >= 0.6 is 15.9 Å². The van der Waals surface area contributed by atoms with Gasteiger partial charge in [-0.1, -0.05) is 26.2 Å². The summed E-state index contributed by atoms with van der Waals surface area (Å²) < 4.78 is 6.38. The van der Waals surface area contributed by atoms with E-state index in [1.165, 1.54) is 0 Å². The average molecular weight is 323 g/mol. The summed E-state index contributed by atoms with van der Waals surface area (Å²) in [5.74, 6) is 0.0881. The van der Waals surface area contributed by atoms with Crippen molar-refractivity contribution in [1.82, 2.24) is 15.4 Å². The first-order valence-corrected chi connectivity index (χ1v) is 6.58. The average Bonchev–Trinajstić information content (AvgIpc) is 2.78. The number of hydrogen-bond acceptors (Lipinski definition) is 4. The van der Waals surface area contributed by atoms with Gasteiger partial charge in [0.15, 0.2) is 5.69 Å². The molecule has 0 atom stereocenters. The summed E-state index contributed by atoms with van der Waals surface area (Å²) in [5.41, 5.74) is 2.16. The smallest absolute Gasteiger partial charge is 0.282 e. The Labute approximate surface area is 117 Å². The molecule has 0 fully saturated rings. The van der Waals surface area contributed by atoms with E-state index in [9.17, 15) is 4.79 Å². The van der Waals surface area contributed by atoms with Gasteiger partial charge in [0.2, 0.25) is 0 Å². The first kappa shape index (κ1) is 12.2. The number of H-pyrrole nitrogens is 1. The highest BCUT2D eigenvalue weighted by atomic mass is 79.9. The lowest BCUT2D eigenvalue weighted by molar-refractivity contribution is 0.0985. The van der Waals surface area contributed by atoms with E-state index in [2.05, 4.69) is 31.3 Å². The summed E-state index contributed by atoms with van der Waals surface area (Å²) in [5, 5.41) is 9.95. The molecule has 6 nitrogen and oxygen atoms in total. The van der Waals surface area contributed by atoms with Gasteiger partial charge in [-0.3, -0.25) is 4.79 Å². The van der Waals surface area contributed by atoms with Crippen LogP contribution in [-0.2, 0) is 0 Å². The number of hydrogen-bond donors (Lipinski definition) is 1.